The maximum absolute atomic E-state index is 5.92. The van der Waals surface area contributed by atoms with Gasteiger partial charge in [-0.25, -0.2) is 4.98 Å². The first-order chi connectivity index (χ1) is 10.3. The van der Waals surface area contributed by atoms with Crippen LogP contribution in [0.3, 0.4) is 0 Å². The number of anilines is 1. The van der Waals surface area contributed by atoms with Crippen LogP contribution in [0.2, 0.25) is 0 Å². The van der Waals surface area contributed by atoms with Crippen molar-refractivity contribution in [3.8, 4) is 0 Å². The molecule has 0 unspecified atom stereocenters. The van der Waals surface area contributed by atoms with Crippen molar-refractivity contribution in [2.24, 2.45) is 5.73 Å². The number of aromatic nitrogens is 1. The number of fused-ring (bicyclic) bond motifs is 1. The molecule has 0 saturated heterocycles. The van der Waals surface area contributed by atoms with Gasteiger partial charge in [-0.05, 0) is 37.1 Å². The van der Waals surface area contributed by atoms with Crippen LogP contribution in [0.25, 0.3) is 10.8 Å². The van der Waals surface area contributed by atoms with Gasteiger partial charge in [0.15, 0.2) is 0 Å². The van der Waals surface area contributed by atoms with Crippen molar-refractivity contribution in [2.45, 2.75) is 37.8 Å². The SMILES string of the molecule is NC1CCC(OCCNc2nccc3ccccc23)CC1. The Balaban J connectivity index is 1.48. The van der Waals surface area contributed by atoms with Crippen molar-refractivity contribution in [3.63, 3.8) is 0 Å². The van der Waals surface area contributed by atoms with E-state index in [1.807, 2.05) is 24.4 Å². The number of nitrogens with two attached hydrogens (primary N) is 1. The minimum Gasteiger partial charge on any atom is -0.376 e. The molecule has 3 N–H and O–H groups in total. The van der Waals surface area contributed by atoms with Crippen molar-refractivity contribution in [1.82, 2.24) is 4.98 Å². The zero-order valence-corrected chi connectivity index (χ0v) is 12.3. The fraction of sp³-hybridized carbons (Fsp3) is 0.471. The van der Waals surface area contributed by atoms with Gasteiger partial charge < -0.3 is 15.8 Å². The maximum atomic E-state index is 5.92. The molecule has 2 aromatic rings. The predicted octanol–water partition coefficient (Wildman–Crippen LogP) is 2.93. The minimum absolute atomic E-state index is 0.378. The normalized spacial score (nSPS) is 22.3. The van der Waals surface area contributed by atoms with Crippen LogP contribution < -0.4 is 11.1 Å². The highest BCUT2D eigenvalue weighted by atomic mass is 16.5. The molecular formula is C17H23N3O. The van der Waals surface area contributed by atoms with Gasteiger partial charge >= 0.3 is 0 Å². The molecule has 1 heterocycles. The molecule has 21 heavy (non-hydrogen) atoms. The summed E-state index contributed by atoms with van der Waals surface area (Å²) in [5, 5.41) is 5.74. The summed E-state index contributed by atoms with van der Waals surface area (Å²) in [6.07, 6.45) is 6.58. The Morgan fingerprint density at radius 1 is 1.14 bits per heavy atom. The van der Waals surface area contributed by atoms with Gasteiger partial charge in [-0.15, -0.1) is 0 Å². The van der Waals surface area contributed by atoms with Gasteiger partial charge in [0.25, 0.3) is 0 Å². The monoisotopic (exact) mass is 285 g/mol. The van der Waals surface area contributed by atoms with E-state index < -0.39 is 0 Å². The molecule has 1 aliphatic rings. The smallest absolute Gasteiger partial charge is 0.133 e. The second-order valence-electron chi connectivity index (χ2n) is 5.72. The molecule has 4 heteroatoms. The third-order valence-corrected chi connectivity index (χ3v) is 4.14. The second-order valence-corrected chi connectivity index (χ2v) is 5.72. The summed E-state index contributed by atoms with van der Waals surface area (Å²) >= 11 is 0. The molecule has 4 nitrogen and oxygen atoms in total. The zero-order chi connectivity index (χ0) is 14.5. The third-order valence-electron chi connectivity index (χ3n) is 4.14. The Hall–Kier alpha value is -1.65. The molecule has 0 bridgehead atoms. The van der Waals surface area contributed by atoms with E-state index in [-0.39, 0.29) is 0 Å². The van der Waals surface area contributed by atoms with Gasteiger partial charge in [-0.1, -0.05) is 24.3 Å². The van der Waals surface area contributed by atoms with E-state index >= 15 is 0 Å². The fourth-order valence-electron chi connectivity index (χ4n) is 2.91. The Morgan fingerprint density at radius 2 is 1.95 bits per heavy atom. The number of nitrogens with zero attached hydrogens (tertiary/aromatic N) is 1. The number of hydrogen-bond donors (Lipinski definition) is 2. The largest absolute Gasteiger partial charge is 0.376 e. The fourth-order valence-corrected chi connectivity index (χ4v) is 2.91. The maximum Gasteiger partial charge on any atom is 0.133 e. The van der Waals surface area contributed by atoms with Crippen molar-refractivity contribution in [3.05, 3.63) is 36.5 Å². The van der Waals surface area contributed by atoms with E-state index in [1.54, 1.807) is 0 Å². The highest BCUT2D eigenvalue weighted by Crippen LogP contribution is 2.21. The van der Waals surface area contributed by atoms with Crippen LogP contribution in [0.1, 0.15) is 25.7 Å². The van der Waals surface area contributed by atoms with Crippen LogP contribution in [0.5, 0.6) is 0 Å². The van der Waals surface area contributed by atoms with E-state index in [0.29, 0.717) is 18.8 Å². The van der Waals surface area contributed by atoms with Crippen molar-refractivity contribution < 1.29 is 4.74 Å². The summed E-state index contributed by atoms with van der Waals surface area (Å²) in [6, 6.07) is 10.7. The Morgan fingerprint density at radius 3 is 2.81 bits per heavy atom. The van der Waals surface area contributed by atoms with Crippen molar-refractivity contribution >= 4 is 16.6 Å². The van der Waals surface area contributed by atoms with Crippen LogP contribution in [0.4, 0.5) is 5.82 Å². The first-order valence-electron chi connectivity index (χ1n) is 7.78. The molecule has 1 saturated carbocycles. The van der Waals surface area contributed by atoms with Gasteiger partial charge in [-0.3, -0.25) is 0 Å². The van der Waals surface area contributed by atoms with Crippen molar-refractivity contribution in [1.29, 1.82) is 0 Å². The molecule has 0 atom stereocenters. The Labute approximate surface area is 125 Å². The summed E-state index contributed by atoms with van der Waals surface area (Å²) in [4.78, 5) is 4.42. The molecule has 3 rings (SSSR count). The van der Waals surface area contributed by atoms with E-state index in [9.17, 15) is 0 Å². The van der Waals surface area contributed by atoms with Crippen LogP contribution in [0.15, 0.2) is 36.5 Å². The topological polar surface area (TPSA) is 60.2 Å². The lowest BCUT2D eigenvalue weighted by Crippen LogP contribution is -2.31. The molecule has 0 amide bonds. The van der Waals surface area contributed by atoms with E-state index in [1.165, 1.54) is 5.39 Å². The average Bonchev–Trinajstić information content (AvgIpc) is 2.53. The Bertz CT molecular complexity index is 574. The standard InChI is InChI=1S/C17H23N3O/c18-14-5-7-15(8-6-14)21-12-11-20-17-16-4-2-1-3-13(16)9-10-19-17/h1-4,9-10,14-15H,5-8,11-12,18H2,(H,19,20). The lowest BCUT2D eigenvalue weighted by Gasteiger charge is -2.26. The molecular weight excluding hydrogens is 262 g/mol. The summed E-state index contributed by atoms with van der Waals surface area (Å²) < 4.78 is 5.92. The average molecular weight is 285 g/mol. The van der Waals surface area contributed by atoms with Crippen LogP contribution >= 0.6 is 0 Å². The minimum atomic E-state index is 0.378. The number of benzene rings is 1. The molecule has 0 radical (unpaired) electrons. The zero-order valence-electron chi connectivity index (χ0n) is 12.3. The number of nitrogens with one attached hydrogen (secondary N) is 1. The summed E-state index contributed by atoms with van der Waals surface area (Å²) in [7, 11) is 0. The third kappa shape index (κ3) is 3.71. The quantitative estimate of drug-likeness (QED) is 0.829. The van der Waals surface area contributed by atoms with Gasteiger partial charge in [0.2, 0.25) is 0 Å². The van der Waals surface area contributed by atoms with Crippen LogP contribution in [-0.4, -0.2) is 30.3 Å². The molecule has 0 spiro atoms. The van der Waals surface area contributed by atoms with Crippen LogP contribution in [-0.2, 0) is 4.74 Å². The highest BCUT2D eigenvalue weighted by molar-refractivity contribution is 5.91. The second kappa shape index (κ2) is 6.87. The summed E-state index contributed by atoms with van der Waals surface area (Å²) in [5.74, 6) is 0.933. The molecule has 112 valence electrons. The predicted molar refractivity (Wildman–Crippen MR) is 86.4 cm³/mol. The van der Waals surface area contributed by atoms with E-state index in [4.69, 9.17) is 10.5 Å². The lowest BCUT2D eigenvalue weighted by molar-refractivity contribution is 0.0313. The van der Waals surface area contributed by atoms with E-state index in [0.717, 1.165) is 43.4 Å². The highest BCUT2D eigenvalue weighted by Gasteiger charge is 2.18. The van der Waals surface area contributed by atoms with Gasteiger partial charge in [0.05, 0.1) is 12.7 Å². The van der Waals surface area contributed by atoms with E-state index in [2.05, 4.69) is 22.4 Å². The molecule has 1 aromatic heterocycles. The first kappa shape index (κ1) is 14.3. The number of ether oxygens (including phenoxy) is 1. The van der Waals surface area contributed by atoms with Gasteiger partial charge in [-0.2, -0.15) is 0 Å². The van der Waals surface area contributed by atoms with Gasteiger partial charge in [0, 0.05) is 24.2 Å². The molecule has 0 aliphatic heterocycles. The summed E-state index contributed by atoms with van der Waals surface area (Å²) in [5.41, 5.74) is 5.90. The molecule has 1 aliphatic carbocycles. The lowest BCUT2D eigenvalue weighted by atomic mass is 9.94. The number of hydrogen-bond acceptors (Lipinski definition) is 4. The Kier molecular flexibility index (Phi) is 4.68. The molecule has 1 aromatic carbocycles. The van der Waals surface area contributed by atoms with Gasteiger partial charge in [0.1, 0.15) is 5.82 Å². The van der Waals surface area contributed by atoms with Crippen LogP contribution in [0, 0.1) is 0 Å². The molecule has 1 fully saturated rings. The first-order valence-corrected chi connectivity index (χ1v) is 7.78. The summed E-state index contributed by atoms with van der Waals surface area (Å²) in [6.45, 7) is 1.49. The number of rotatable bonds is 5. The van der Waals surface area contributed by atoms with Crippen molar-refractivity contribution in [2.75, 3.05) is 18.5 Å². The number of pyridine rings is 1.